The Morgan fingerprint density at radius 2 is 2.07 bits per heavy atom. The highest BCUT2D eigenvalue weighted by Crippen LogP contribution is 2.25. The van der Waals surface area contributed by atoms with Gasteiger partial charge in [0.15, 0.2) is 0 Å². The number of hydrogen-bond acceptors (Lipinski definition) is 1. The van der Waals surface area contributed by atoms with E-state index >= 15 is 0 Å². The molecule has 0 heterocycles. The average Bonchev–Trinajstić information content (AvgIpc) is 2.20. The summed E-state index contributed by atoms with van der Waals surface area (Å²) in [6.07, 6.45) is 6.37. The molecular weight excluding hydrogens is 177 g/mol. The van der Waals surface area contributed by atoms with Crippen LogP contribution in [0.15, 0.2) is 24.2 Å². The van der Waals surface area contributed by atoms with E-state index in [4.69, 9.17) is 0 Å². The van der Waals surface area contributed by atoms with Crippen LogP contribution in [0.3, 0.4) is 0 Å². The van der Waals surface area contributed by atoms with E-state index in [2.05, 4.69) is 18.8 Å². The first kappa shape index (κ1) is 11.3. The summed E-state index contributed by atoms with van der Waals surface area (Å²) in [5.41, 5.74) is 0.436. The van der Waals surface area contributed by atoms with Crippen molar-refractivity contribution in [1.82, 2.24) is 5.32 Å². The smallest absolute Gasteiger partial charge is 0.141 e. The van der Waals surface area contributed by atoms with Crippen LogP contribution < -0.4 is 5.32 Å². The number of rotatable bonds is 3. The molecule has 1 saturated carbocycles. The van der Waals surface area contributed by atoms with Crippen LogP contribution in [0.4, 0.5) is 4.39 Å². The predicted octanol–water partition coefficient (Wildman–Crippen LogP) is 3.54. The second kappa shape index (κ2) is 5.18. The van der Waals surface area contributed by atoms with Gasteiger partial charge in [-0.15, -0.1) is 0 Å². The highest BCUT2D eigenvalue weighted by Gasteiger charge is 2.21. The number of allylic oxidation sites excluding steroid dienone is 2. The summed E-state index contributed by atoms with van der Waals surface area (Å²) in [7, 11) is 0. The lowest BCUT2D eigenvalue weighted by Gasteiger charge is -2.30. The Labute approximate surface area is 86.1 Å². The Balaban J connectivity index is 2.46. The fourth-order valence-corrected chi connectivity index (χ4v) is 2.00. The molecule has 0 spiro atoms. The molecule has 0 bridgehead atoms. The van der Waals surface area contributed by atoms with E-state index in [-0.39, 0.29) is 5.83 Å². The predicted molar refractivity (Wildman–Crippen MR) is 58.6 cm³/mol. The summed E-state index contributed by atoms with van der Waals surface area (Å²) in [5, 5.41) is 3.18. The van der Waals surface area contributed by atoms with E-state index in [0.717, 1.165) is 6.42 Å². The summed E-state index contributed by atoms with van der Waals surface area (Å²) in [4.78, 5) is 0. The summed E-state index contributed by atoms with van der Waals surface area (Å²) >= 11 is 0. The van der Waals surface area contributed by atoms with E-state index in [1.807, 2.05) is 0 Å². The van der Waals surface area contributed by atoms with Crippen LogP contribution in [0.5, 0.6) is 0 Å². The van der Waals surface area contributed by atoms with E-state index in [0.29, 0.717) is 17.7 Å². The molecular formula is C12H20FN. The van der Waals surface area contributed by atoms with Crippen molar-refractivity contribution in [3.8, 4) is 0 Å². The maximum Gasteiger partial charge on any atom is 0.141 e. The van der Waals surface area contributed by atoms with Gasteiger partial charge in [0.2, 0.25) is 0 Å². The third kappa shape index (κ3) is 2.86. The minimum Gasteiger partial charge on any atom is -0.380 e. The van der Waals surface area contributed by atoms with Crippen LogP contribution in [-0.2, 0) is 0 Å². The van der Waals surface area contributed by atoms with Crippen LogP contribution in [0.25, 0.3) is 0 Å². The van der Waals surface area contributed by atoms with Crippen LogP contribution in [0, 0.1) is 5.92 Å². The lowest BCUT2D eigenvalue weighted by atomic mass is 9.86. The van der Waals surface area contributed by atoms with E-state index in [9.17, 15) is 4.39 Å². The van der Waals surface area contributed by atoms with Gasteiger partial charge >= 0.3 is 0 Å². The van der Waals surface area contributed by atoms with Crippen molar-refractivity contribution < 1.29 is 4.39 Å². The molecule has 0 saturated heterocycles. The molecule has 0 aliphatic heterocycles. The van der Waals surface area contributed by atoms with Gasteiger partial charge in [-0.3, -0.25) is 0 Å². The largest absolute Gasteiger partial charge is 0.380 e. The van der Waals surface area contributed by atoms with Crippen LogP contribution in [0.2, 0.25) is 0 Å². The maximum absolute atomic E-state index is 13.1. The van der Waals surface area contributed by atoms with Crippen LogP contribution in [-0.4, -0.2) is 6.04 Å². The number of nitrogens with one attached hydrogen (secondary N) is 1. The zero-order valence-electron chi connectivity index (χ0n) is 9.15. The standard InChI is InChI=1S/C12H20FN/c1-4-11(13)10(3)14-12-8-6-5-7-9(12)2/h4,9,12,14H,3,5-8H2,1-2H3/b11-4+. The molecule has 0 aromatic heterocycles. The first-order chi connectivity index (χ1) is 6.65. The maximum atomic E-state index is 13.1. The van der Waals surface area contributed by atoms with Crippen LogP contribution in [0.1, 0.15) is 39.5 Å². The van der Waals surface area contributed by atoms with Gasteiger partial charge in [0.05, 0.1) is 5.70 Å². The molecule has 0 radical (unpaired) electrons. The summed E-state index contributed by atoms with van der Waals surface area (Å²) in [6.45, 7) is 7.61. The van der Waals surface area contributed by atoms with Gasteiger partial charge in [0, 0.05) is 6.04 Å². The molecule has 0 amide bonds. The summed E-state index contributed by atoms with van der Waals surface area (Å²) in [6, 6.07) is 0.405. The van der Waals surface area contributed by atoms with Gasteiger partial charge < -0.3 is 5.32 Å². The Bertz CT molecular complexity index is 232. The monoisotopic (exact) mass is 197 g/mol. The van der Waals surface area contributed by atoms with Gasteiger partial charge in [-0.1, -0.05) is 26.3 Å². The second-order valence-electron chi connectivity index (χ2n) is 4.13. The van der Waals surface area contributed by atoms with Gasteiger partial charge in [0.25, 0.3) is 0 Å². The molecule has 0 aromatic carbocycles. The quantitative estimate of drug-likeness (QED) is 0.682. The third-order valence-corrected chi connectivity index (χ3v) is 3.01. The number of hydrogen-bond donors (Lipinski definition) is 1. The molecule has 2 unspecified atom stereocenters. The highest BCUT2D eigenvalue weighted by molar-refractivity contribution is 5.20. The Kier molecular flexibility index (Phi) is 4.18. The van der Waals surface area contributed by atoms with Crippen LogP contribution >= 0.6 is 0 Å². The molecule has 0 aromatic rings. The van der Waals surface area contributed by atoms with Crippen molar-refractivity contribution >= 4 is 0 Å². The van der Waals surface area contributed by atoms with Crippen molar-refractivity contribution in [3.05, 3.63) is 24.2 Å². The van der Waals surface area contributed by atoms with Crippen molar-refractivity contribution in [2.45, 2.75) is 45.6 Å². The molecule has 1 fully saturated rings. The fraction of sp³-hybridized carbons (Fsp3) is 0.667. The molecule has 1 rings (SSSR count). The molecule has 2 atom stereocenters. The van der Waals surface area contributed by atoms with Crippen molar-refractivity contribution in [1.29, 1.82) is 0 Å². The second-order valence-corrected chi connectivity index (χ2v) is 4.13. The summed E-state index contributed by atoms with van der Waals surface area (Å²) in [5.74, 6) is 0.396. The van der Waals surface area contributed by atoms with Gasteiger partial charge in [-0.2, -0.15) is 0 Å². The Morgan fingerprint density at radius 3 is 2.64 bits per heavy atom. The van der Waals surface area contributed by atoms with Crippen molar-refractivity contribution in [3.63, 3.8) is 0 Å². The molecule has 80 valence electrons. The zero-order valence-corrected chi connectivity index (χ0v) is 9.15. The lowest BCUT2D eigenvalue weighted by Crippen LogP contribution is -2.36. The average molecular weight is 197 g/mol. The van der Waals surface area contributed by atoms with E-state index < -0.39 is 0 Å². The molecule has 14 heavy (non-hydrogen) atoms. The molecule has 1 nitrogen and oxygen atoms in total. The Morgan fingerprint density at radius 1 is 1.43 bits per heavy atom. The van der Waals surface area contributed by atoms with Gasteiger partial charge in [-0.05, 0) is 31.8 Å². The topological polar surface area (TPSA) is 12.0 Å². The molecule has 2 heteroatoms. The van der Waals surface area contributed by atoms with E-state index in [1.165, 1.54) is 25.3 Å². The van der Waals surface area contributed by atoms with Crippen molar-refractivity contribution in [2.24, 2.45) is 5.92 Å². The van der Waals surface area contributed by atoms with E-state index in [1.54, 1.807) is 6.92 Å². The molecule has 1 aliphatic carbocycles. The normalized spacial score (nSPS) is 28.6. The molecule has 1 N–H and O–H groups in total. The SMILES string of the molecule is C=C(NC1CCCCC1C)/C(F)=C\C. The van der Waals surface area contributed by atoms with Crippen molar-refractivity contribution in [2.75, 3.05) is 0 Å². The Hall–Kier alpha value is -0.790. The minimum absolute atomic E-state index is 0.234. The molecule has 1 aliphatic rings. The first-order valence-corrected chi connectivity index (χ1v) is 5.42. The fourth-order valence-electron chi connectivity index (χ4n) is 2.00. The minimum atomic E-state index is -0.234. The highest BCUT2D eigenvalue weighted by atomic mass is 19.1. The summed E-state index contributed by atoms with van der Waals surface area (Å²) < 4.78 is 13.1. The van der Waals surface area contributed by atoms with Gasteiger partial charge in [-0.25, -0.2) is 4.39 Å². The van der Waals surface area contributed by atoms with Gasteiger partial charge in [0.1, 0.15) is 5.83 Å². The zero-order chi connectivity index (χ0) is 10.6. The number of halogens is 1. The lowest BCUT2D eigenvalue weighted by molar-refractivity contribution is 0.295. The first-order valence-electron chi connectivity index (χ1n) is 5.42. The third-order valence-electron chi connectivity index (χ3n) is 3.01.